The molecule has 0 spiro atoms. The van der Waals surface area contributed by atoms with Gasteiger partial charge in [-0.2, -0.15) is 0 Å². The second kappa shape index (κ2) is 4.28. The van der Waals surface area contributed by atoms with Crippen molar-refractivity contribution >= 4 is 22.4 Å². The normalized spacial score (nSPS) is 10.1. The topological polar surface area (TPSA) is 62.2 Å². The van der Waals surface area contributed by atoms with Gasteiger partial charge >= 0.3 is 0 Å². The van der Waals surface area contributed by atoms with E-state index >= 15 is 0 Å². The fourth-order valence-electron chi connectivity index (χ4n) is 1.14. The summed E-state index contributed by atoms with van der Waals surface area (Å²) in [6.45, 7) is 0. The van der Waals surface area contributed by atoms with Crippen LogP contribution in [0.1, 0.15) is 10.4 Å². The first-order chi connectivity index (χ1) is 7.66. The molecule has 0 radical (unpaired) electrons. The monoisotopic (exact) mass is 238 g/mol. The zero-order valence-electron chi connectivity index (χ0n) is 7.98. The molecule has 82 valence electrons. The Balaban J connectivity index is 2.21. The van der Waals surface area contributed by atoms with Crippen molar-refractivity contribution in [3.05, 3.63) is 41.2 Å². The first-order valence-electron chi connectivity index (χ1n) is 4.36. The third-order valence-corrected chi connectivity index (χ3v) is 2.54. The Morgan fingerprint density at radius 3 is 2.94 bits per heavy atom. The predicted octanol–water partition coefficient (Wildman–Crippen LogP) is 2.24. The van der Waals surface area contributed by atoms with E-state index in [9.17, 15) is 9.18 Å². The van der Waals surface area contributed by atoms with Crippen LogP contribution in [-0.4, -0.2) is 16.0 Å². The minimum atomic E-state index is -0.769. The zero-order chi connectivity index (χ0) is 11.5. The van der Waals surface area contributed by atoms with Crippen LogP contribution in [0.2, 0.25) is 0 Å². The number of aromatic nitrogens is 1. The summed E-state index contributed by atoms with van der Waals surface area (Å²) in [6, 6.07) is 3.35. The van der Waals surface area contributed by atoms with Crippen molar-refractivity contribution < 1.29 is 14.3 Å². The number of nitrogens with zero attached hydrogens (tertiary/aromatic N) is 1. The maximum atomic E-state index is 13.3. The number of carbonyl (C=O) groups is 1. The van der Waals surface area contributed by atoms with Gasteiger partial charge in [-0.1, -0.05) is 0 Å². The molecule has 0 fully saturated rings. The number of halogens is 1. The number of aromatic hydroxyl groups is 1. The molecule has 0 aliphatic rings. The number of amides is 1. The van der Waals surface area contributed by atoms with E-state index in [0.29, 0.717) is 5.13 Å². The molecule has 2 N–H and O–H groups in total. The second-order valence-corrected chi connectivity index (χ2v) is 3.85. The number of benzene rings is 1. The summed E-state index contributed by atoms with van der Waals surface area (Å²) < 4.78 is 13.3. The van der Waals surface area contributed by atoms with Gasteiger partial charge in [0.2, 0.25) is 0 Å². The lowest BCUT2D eigenvalue weighted by Gasteiger charge is -2.03. The molecule has 1 aromatic carbocycles. The number of hydrogen-bond donors (Lipinski definition) is 2. The Kier molecular flexibility index (Phi) is 2.82. The molecular formula is C10H7FN2O2S. The van der Waals surface area contributed by atoms with Crippen molar-refractivity contribution in [3.8, 4) is 5.75 Å². The molecule has 2 rings (SSSR count). The molecule has 0 unspecified atom stereocenters. The van der Waals surface area contributed by atoms with Crippen LogP contribution in [0.15, 0.2) is 29.8 Å². The Morgan fingerprint density at radius 1 is 1.50 bits per heavy atom. The molecule has 0 saturated heterocycles. The van der Waals surface area contributed by atoms with Crippen LogP contribution in [-0.2, 0) is 0 Å². The smallest absolute Gasteiger partial charge is 0.260 e. The van der Waals surface area contributed by atoms with E-state index < -0.39 is 11.7 Å². The molecule has 0 aliphatic carbocycles. The third-order valence-electron chi connectivity index (χ3n) is 1.85. The van der Waals surface area contributed by atoms with Gasteiger partial charge in [-0.15, -0.1) is 11.3 Å². The molecule has 0 atom stereocenters. The lowest BCUT2D eigenvalue weighted by molar-refractivity contribution is 0.102. The molecule has 0 saturated carbocycles. The van der Waals surface area contributed by atoms with Gasteiger partial charge in [0.1, 0.15) is 11.6 Å². The zero-order valence-corrected chi connectivity index (χ0v) is 8.79. The Morgan fingerprint density at radius 2 is 2.31 bits per heavy atom. The molecule has 1 aromatic heterocycles. The molecule has 1 heterocycles. The van der Waals surface area contributed by atoms with Crippen LogP contribution in [0.3, 0.4) is 0 Å². The highest BCUT2D eigenvalue weighted by Gasteiger charge is 2.13. The number of anilines is 1. The number of phenolic OH excluding ortho intramolecular Hbond substituents is 1. The maximum absolute atomic E-state index is 13.3. The summed E-state index contributed by atoms with van der Waals surface area (Å²) >= 11 is 1.24. The molecular weight excluding hydrogens is 231 g/mol. The van der Waals surface area contributed by atoms with E-state index in [1.54, 1.807) is 5.38 Å². The average molecular weight is 238 g/mol. The summed E-state index contributed by atoms with van der Waals surface area (Å²) in [5.74, 6) is -1.58. The van der Waals surface area contributed by atoms with Crippen LogP contribution < -0.4 is 5.32 Å². The number of hydrogen-bond acceptors (Lipinski definition) is 4. The fourth-order valence-corrected chi connectivity index (χ4v) is 1.66. The van der Waals surface area contributed by atoms with Crippen LogP contribution >= 0.6 is 11.3 Å². The van der Waals surface area contributed by atoms with Crippen molar-refractivity contribution in [1.29, 1.82) is 0 Å². The first kappa shape index (κ1) is 10.6. The molecule has 2 aromatic rings. The SMILES string of the molecule is O=C(Nc1nccs1)c1ccc(O)cc1F. The molecule has 4 nitrogen and oxygen atoms in total. The van der Waals surface area contributed by atoms with Crippen molar-refractivity contribution in [2.45, 2.75) is 0 Å². The minimum absolute atomic E-state index is 0.131. The molecule has 1 amide bonds. The summed E-state index contributed by atoms with van der Waals surface area (Å²) in [4.78, 5) is 15.4. The molecule has 0 bridgehead atoms. The van der Waals surface area contributed by atoms with Crippen molar-refractivity contribution in [1.82, 2.24) is 4.98 Å². The number of phenols is 1. The van der Waals surface area contributed by atoms with Crippen LogP contribution in [0, 0.1) is 5.82 Å². The van der Waals surface area contributed by atoms with E-state index in [4.69, 9.17) is 5.11 Å². The van der Waals surface area contributed by atoms with Gasteiger partial charge in [-0.05, 0) is 12.1 Å². The molecule has 6 heteroatoms. The van der Waals surface area contributed by atoms with Crippen LogP contribution in [0.5, 0.6) is 5.75 Å². The van der Waals surface area contributed by atoms with Gasteiger partial charge in [-0.3, -0.25) is 10.1 Å². The molecule has 0 aliphatic heterocycles. The molecule has 16 heavy (non-hydrogen) atoms. The summed E-state index contributed by atoms with van der Waals surface area (Å²) in [7, 11) is 0. The van der Waals surface area contributed by atoms with Gasteiger partial charge < -0.3 is 5.11 Å². The fraction of sp³-hybridized carbons (Fsp3) is 0. The number of carbonyl (C=O) groups excluding carboxylic acids is 1. The highest BCUT2D eigenvalue weighted by molar-refractivity contribution is 7.13. The third kappa shape index (κ3) is 2.17. The summed E-state index contributed by atoms with van der Waals surface area (Å²) in [6.07, 6.45) is 1.54. The van der Waals surface area contributed by atoms with Crippen molar-refractivity contribution in [2.75, 3.05) is 5.32 Å². The van der Waals surface area contributed by atoms with E-state index in [-0.39, 0.29) is 11.3 Å². The highest BCUT2D eigenvalue weighted by Crippen LogP contribution is 2.17. The summed E-state index contributed by atoms with van der Waals surface area (Å²) in [5.41, 5.74) is -0.131. The standard InChI is InChI=1S/C10H7FN2O2S/c11-8-5-6(14)1-2-7(8)9(15)13-10-12-3-4-16-10/h1-5,14H,(H,12,13,15). The first-order valence-corrected chi connectivity index (χ1v) is 5.24. The predicted molar refractivity (Wildman–Crippen MR) is 58.1 cm³/mol. The van der Waals surface area contributed by atoms with Gasteiger partial charge in [0.25, 0.3) is 5.91 Å². The lowest BCUT2D eigenvalue weighted by Crippen LogP contribution is -2.13. The van der Waals surface area contributed by atoms with Gasteiger partial charge in [0.05, 0.1) is 5.56 Å². The number of thiazole rings is 1. The minimum Gasteiger partial charge on any atom is -0.508 e. The summed E-state index contributed by atoms with van der Waals surface area (Å²) in [5, 5.41) is 13.5. The van der Waals surface area contributed by atoms with Crippen LogP contribution in [0.4, 0.5) is 9.52 Å². The van der Waals surface area contributed by atoms with Crippen molar-refractivity contribution in [2.24, 2.45) is 0 Å². The van der Waals surface area contributed by atoms with E-state index in [1.165, 1.54) is 29.7 Å². The van der Waals surface area contributed by atoms with Crippen molar-refractivity contribution in [3.63, 3.8) is 0 Å². The quantitative estimate of drug-likeness (QED) is 0.843. The highest BCUT2D eigenvalue weighted by atomic mass is 32.1. The maximum Gasteiger partial charge on any atom is 0.260 e. The van der Waals surface area contributed by atoms with E-state index in [0.717, 1.165) is 6.07 Å². The van der Waals surface area contributed by atoms with Gasteiger partial charge in [-0.25, -0.2) is 9.37 Å². The largest absolute Gasteiger partial charge is 0.508 e. The Hall–Kier alpha value is -1.95. The van der Waals surface area contributed by atoms with E-state index in [2.05, 4.69) is 10.3 Å². The Labute approximate surface area is 94.4 Å². The number of nitrogens with one attached hydrogen (secondary N) is 1. The average Bonchev–Trinajstić information content (AvgIpc) is 2.70. The number of rotatable bonds is 2. The Bertz CT molecular complexity index is 514. The second-order valence-electron chi connectivity index (χ2n) is 2.96. The van der Waals surface area contributed by atoms with E-state index in [1.807, 2.05) is 0 Å². The van der Waals surface area contributed by atoms with Gasteiger partial charge in [0, 0.05) is 17.6 Å². The van der Waals surface area contributed by atoms with Gasteiger partial charge in [0.15, 0.2) is 5.13 Å². The van der Waals surface area contributed by atoms with Crippen LogP contribution in [0.25, 0.3) is 0 Å². The lowest BCUT2D eigenvalue weighted by atomic mass is 10.2.